The first-order chi connectivity index (χ1) is 30.6. The minimum atomic E-state index is -0.0804. The first kappa shape index (κ1) is 41.1. The number of aromatic nitrogens is 2. The Balaban J connectivity index is 0.00000484. The number of fused-ring (bicyclic) bond motifs is 7. The van der Waals surface area contributed by atoms with Crippen LogP contribution in [-0.2, 0) is 26.5 Å². The van der Waals surface area contributed by atoms with Crippen molar-refractivity contribution in [1.82, 2.24) is 9.55 Å². The molecule has 0 fully saturated rings. The number of furan rings is 1. The fourth-order valence-corrected chi connectivity index (χ4v) is 9.34. The molecule has 1 aliphatic heterocycles. The van der Waals surface area contributed by atoms with Gasteiger partial charge in [0.15, 0.2) is 5.58 Å². The van der Waals surface area contributed by atoms with E-state index in [4.69, 9.17) is 14.1 Å². The van der Waals surface area contributed by atoms with Gasteiger partial charge in [0.25, 0.3) is 0 Å². The fourth-order valence-electron chi connectivity index (χ4n) is 9.34. The predicted molar refractivity (Wildman–Crippen MR) is 258 cm³/mol. The van der Waals surface area contributed by atoms with Crippen molar-refractivity contribution in [2.75, 3.05) is 9.80 Å². The standard InChI is InChI=1S/C57H45N4O2.Pt/c1-36-30-37(2)52(38(3)31-36)60-35-59(53(39-16-9-7-10-17-39)54(60)40-18-11-8-12-19-40)42-20-15-21-43(33-42)62-44-24-25-45-47-26-27-48-46-22-13-14-23-50(46)63-56(48)55(47)61(49(45)34-44)51-32-41(28-29-58-51)57(4,5)6;/h7-32,35H,1-6H3;/q-3;. The number of aryl methyl sites for hydroxylation is 3. The van der Waals surface area contributed by atoms with Gasteiger partial charge in [0, 0.05) is 66.6 Å². The van der Waals surface area contributed by atoms with Crippen molar-refractivity contribution in [3.63, 3.8) is 0 Å². The van der Waals surface area contributed by atoms with Crippen LogP contribution in [0.5, 0.6) is 11.5 Å². The molecule has 7 heteroatoms. The summed E-state index contributed by atoms with van der Waals surface area (Å²) in [6.45, 7) is 15.4. The molecule has 0 radical (unpaired) electrons. The maximum atomic E-state index is 6.76. The third-order valence-corrected chi connectivity index (χ3v) is 12.1. The second-order valence-corrected chi connectivity index (χ2v) is 17.5. The molecule has 0 unspecified atom stereocenters. The average molecular weight is 1010 g/mol. The van der Waals surface area contributed by atoms with E-state index in [-0.39, 0.29) is 26.5 Å². The smallest absolute Gasteiger partial charge is 0.158 e. The Bertz CT molecular complexity index is 3410. The molecule has 0 saturated carbocycles. The SMILES string of the molecule is Cc1cc(C)c(N2[CH-]N(c3[c-]c(Oc4[c-]c5c(cc4)c4ccc6c7ccccc7oc6c4n5-c4cc(C(C)(C)C)ccn4)ccc3)C(c3ccccc3)=C2c2ccccc2)c(C)c1.[Pt]. The quantitative estimate of drug-likeness (QED) is 0.149. The van der Waals surface area contributed by atoms with Crippen LogP contribution in [-0.4, -0.2) is 9.55 Å². The molecule has 6 nitrogen and oxygen atoms in total. The molecule has 0 amide bonds. The number of nitrogens with zero attached hydrogens (tertiary/aromatic N) is 4. The summed E-state index contributed by atoms with van der Waals surface area (Å²) in [4.78, 5) is 9.54. The van der Waals surface area contributed by atoms with Crippen molar-refractivity contribution < 1.29 is 30.2 Å². The van der Waals surface area contributed by atoms with Crippen LogP contribution < -0.4 is 14.5 Å². The number of rotatable bonds is 7. The predicted octanol–water partition coefficient (Wildman–Crippen LogP) is 14.7. The van der Waals surface area contributed by atoms with E-state index in [0.717, 1.165) is 83.5 Å². The van der Waals surface area contributed by atoms with Crippen LogP contribution in [0.3, 0.4) is 0 Å². The number of benzene rings is 7. The molecule has 3 aromatic heterocycles. The molecule has 0 saturated heterocycles. The molecule has 7 aromatic carbocycles. The molecule has 10 aromatic rings. The molecule has 318 valence electrons. The minimum absolute atomic E-state index is 0. The Morgan fingerprint density at radius 2 is 1.25 bits per heavy atom. The van der Waals surface area contributed by atoms with Gasteiger partial charge in [-0.3, -0.25) is 0 Å². The van der Waals surface area contributed by atoms with Crippen molar-refractivity contribution in [3.8, 4) is 17.3 Å². The Morgan fingerprint density at radius 1 is 0.609 bits per heavy atom. The molecule has 0 aliphatic carbocycles. The van der Waals surface area contributed by atoms with Gasteiger partial charge in [-0.25, -0.2) is 4.98 Å². The topological polar surface area (TPSA) is 46.7 Å². The summed E-state index contributed by atoms with van der Waals surface area (Å²) < 4.78 is 15.6. The van der Waals surface area contributed by atoms with Gasteiger partial charge in [-0.1, -0.05) is 135 Å². The van der Waals surface area contributed by atoms with Crippen molar-refractivity contribution >= 4 is 66.5 Å². The monoisotopic (exact) mass is 1010 g/mol. The van der Waals surface area contributed by atoms with Crippen molar-refractivity contribution in [1.29, 1.82) is 0 Å². The molecule has 11 rings (SSSR count). The van der Waals surface area contributed by atoms with E-state index in [1.807, 2.05) is 36.5 Å². The Morgan fingerprint density at radius 3 is 1.97 bits per heavy atom. The van der Waals surface area contributed by atoms with E-state index in [0.29, 0.717) is 11.5 Å². The Labute approximate surface area is 388 Å². The van der Waals surface area contributed by atoms with Crippen LogP contribution in [0.1, 0.15) is 54.2 Å². The first-order valence-corrected chi connectivity index (χ1v) is 21.4. The minimum Gasteiger partial charge on any atom is -0.509 e. The zero-order valence-electron chi connectivity index (χ0n) is 36.5. The van der Waals surface area contributed by atoms with E-state index in [1.165, 1.54) is 22.3 Å². The summed E-state index contributed by atoms with van der Waals surface area (Å²) in [5, 5.41) is 4.22. The van der Waals surface area contributed by atoms with Crippen LogP contribution in [0, 0.1) is 39.6 Å². The molecule has 0 spiro atoms. The van der Waals surface area contributed by atoms with Crippen LogP contribution in [0.25, 0.3) is 61.0 Å². The molecular formula is C57H45N4O2Pt-3. The summed E-state index contributed by atoms with van der Waals surface area (Å²) in [5.74, 6) is 1.93. The van der Waals surface area contributed by atoms with Gasteiger partial charge < -0.3 is 23.5 Å². The van der Waals surface area contributed by atoms with E-state index < -0.39 is 0 Å². The van der Waals surface area contributed by atoms with Gasteiger partial charge >= 0.3 is 0 Å². The van der Waals surface area contributed by atoms with Crippen LogP contribution in [0.15, 0.2) is 162 Å². The summed E-state index contributed by atoms with van der Waals surface area (Å²) in [5.41, 5.74) is 14.5. The van der Waals surface area contributed by atoms with Crippen molar-refractivity contribution in [3.05, 3.63) is 210 Å². The number of ether oxygens (including phenoxy) is 1. The van der Waals surface area contributed by atoms with Crippen LogP contribution in [0.2, 0.25) is 0 Å². The van der Waals surface area contributed by atoms with Gasteiger partial charge in [-0.05, 0) is 77.6 Å². The second kappa shape index (κ2) is 16.0. The number of hydrogen-bond acceptors (Lipinski definition) is 5. The van der Waals surface area contributed by atoms with Gasteiger partial charge in [0.2, 0.25) is 0 Å². The third kappa shape index (κ3) is 6.98. The molecule has 4 heterocycles. The maximum absolute atomic E-state index is 6.76. The normalized spacial score (nSPS) is 13.2. The molecule has 64 heavy (non-hydrogen) atoms. The zero-order chi connectivity index (χ0) is 43.0. The van der Waals surface area contributed by atoms with Crippen LogP contribution in [0.4, 0.5) is 11.4 Å². The van der Waals surface area contributed by atoms with Gasteiger partial charge in [-0.15, -0.1) is 48.1 Å². The number of para-hydroxylation sites is 1. The Hall–Kier alpha value is -6.88. The van der Waals surface area contributed by atoms with Gasteiger partial charge in [-0.2, -0.15) is 12.1 Å². The Kier molecular flexibility index (Phi) is 10.3. The van der Waals surface area contributed by atoms with Crippen molar-refractivity contribution in [2.45, 2.75) is 47.0 Å². The van der Waals surface area contributed by atoms with Crippen LogP contribution >= 0.6 is 0 Å². The summed E-state index contributed by atoms with van der Waals surface area (Å²) >= 11 is 0. The molecule has 0 atom stereocenters. The zero-order valence-corrected chi connectivity index (χ0v) is 38.8. The van der Waals surface area contributed by atoms with E-state index in [9.17, 15) is 0 Å². The van der Waals surface area contributed by atoms with Gasteiger partial charge in [0.1, 0.15) is 11.4 Å². The second-order valence-electron chi connectivity index (χ2n) is 17.5. The maximum Gasteiger partial charge on any atom is 0.158 e. The molecule has 0 N–H and O–H groups in total. The summed E-state index contributed by atoms with van der Waals surface area (Å²) in [6, 6.07) is 60.1. The molecule has 1 aliphatic rings. The van der Waals surface area contributed by atoms with E-state index in [2.05, 4.69) is 196 Å². The van der Waals surface area contributed by atoms with E-state index in [1.54, 1.807) is 0 Å². The van der Waals surface area contributed by atoms with Crippen molar-refractivity contribution in [2.24, 2.45) is 0 Å². The molecule has 0 bridgehead atoms. The third-order valence-electron chi connectivity index (χ3n) is 12.1. The first-order valence-electron chi connectivity index (χ1n) is 21.4. The largest absolute Gasteiger partial charge is 0.509 e. The van der Waals surface area contributed by atoms with E-state index >= 15 is 0 Å². The average Bonchev–Trinajstić information content (AvgIpc) is 3.97. The number of hydrogen-bond donors (Lipinski definition) is 0. The fraction of sp³-hybridized carbons (Fsp3) is 0.123. The van der Waals surface area contributed by atoms with Gasteiger partial charge in [0.05, 0.1) is 5.52 Å². The molecular weight excluding hydrogens is 968 g/mol. The summed E-state index contributed by atoms with van der Waals surface area (Å²) in [6.07, 6.45) is 1.90. The summed E-state index contributed by atoms with van der Waals surface area (Å²) in [7, 11) is 0. The number of pyridine rings is 1. The number of anilines is 2.